The Bertz CT molecular complexity index is 728. The first-order valence-corrected chi connectivity index (χ1v) is 11.3. The van der Waals surface area contributed by atoms with Crippen LogP contribution in [-0.4, -0.2) is 169 Å². The van der Waals surface area contributed by atoms with Gasteiger partial charge in [0.1, 0.15) is 73.2 Å². The van der Waals surface area contributed by atoms with E-state index in [2.05, 4.69) is 5.32 Å². The molecule has 17 heteroatoms. The summed E-state index contributed by atoms with van der Waals surface area (Å²) in [6, 6.07) is -1.44. The molecule has 37 heavy (non-hydrogen) atoms. The molecule has 1 amide bonds. The molecule has 11 N–H and O–H groups in total. The number of amides is 1. The van der Waals surface area contributed by atoms with Crippen molar-refractivity contribution in [1.29, 1.82) is 0 Å². The fourth-order valence-electron chi connectivity index (χ4n) is 3.90. The SMILES string of the molecule is CC(=O)N[C@H]1[C@H](OC[C@@H](O)[C@H](O)[C@H](O)[C@@H](O)C=O)O[C@H](CO)[C@@H](O[C@@H]2O[C@H](CO)[C@H](O)[C@H](O)[C@H]2O)[C@@H]1O. The number of aliphatic hydroxyl groups excluding tert-OH is 10. The van der Waals surface area contributed by atoms with Crippen LogP contribution in [0.2, 0.25) is 0 Å². The Morgan fingerprint density at radius 3 is 2.03 bits per heavy atom. The molecule has 0 aromatic carbocycles. The fraction of sp³-hybridized carbons (Fsp3) is 0.900. The average Bonchev–Trinajstić information content (AvgIpc) is 2.88. The highest BCUT2D eigenvalue weighted by atomic mass is 16.7. The van der Waals surface area contributed by atoms with Crippen LogP contribution in [0.25, 0.3) is 0 Å². The van der Waals surface area contributed by atoms with Gasteiger partial charge in [0, 0.05) is 6.92 Å². The van der Waals surface area contributed by atoms with E-state index in [0.29, 0.717) is 0 Å². The van der Waals surface area contributed by atoms with Crippen molar-refractivity contribution in [3.05, 3.63) is 0 Å². The predicted octanol–water partition coefficient (Wildman–Crippen LogP) is -7.59. The fourth-order valence-corrected chi connectivity index (χ4v) is 3.90. The summed E-state index contributed by atoms with van der Waals surface area (Å²) in [7, 11) is 0. The topological polar surface area (TPSA) is 285 Å². The van der Waals surface area contributed by atoms with E-state index in [9.17, 15) is 60.7 Å². The standard InChI is InChI=1S/C20H35NO16/c1-6(25)21-11-15(31)18(37-20-17(33)16(32)14(30)9(3-23)35-20)10(4-24)36-19(11)34-5-8(27)13(29)12(28)7(26)2-22/h2,7-20,23-24,26-33H,3-5H2,1H3,(H,21,25)/t7-,8+,9+,10+,11+,12+,13-,14-,15+,16-,17+,18+,19+,20-/m0/s1. The van der Waals surface area contributed by atoms with E-state index in [1.807, 2.05) is 0 Å². The molecule has 0 radical (unpaired) electrons. The van der Waals surface area contributed by atoms with Crippen molar-refractivity contribution in [2.24, 2.45) is 0 Å². The molecule has 2 fully saturated rings. The summed E-state index contributed by atoms with van der Waals surface area (Å²) in [6.45, 7) is -1.28. The van der Waals surface area contributed by atoms with Crippen LogP contribution >= 0.6 is 0 Å². The Balaban J connectivity index is 2.17. The van der Waals surface area contributed by atoms with E-state index in [1.165, 1.54) is 0 Å². The first kappa shape index (κ1) is 31.8. The number of aldehydes is 1. The van der Waals surface area contributed by atoms with Crippen LogP contribution in [0.1, 0.15) is 6.92 Å². The van der Waals surface area contributed by atoms with Gasteiger partial charge in [-0.15, -0.1) is 0 Å². The van der Waals surface area contributed by atoms with Crippen molar-refractivity contribution in [2.45, 2.75) is 92.7 Å². The molecule has 0 aromatic rings. The molecule has 14 atom stereocenters. The number of rotatable bonds is 12. The summed E-state index contributed by atoms with van der Waals surface area (Å²) >= 11 is 0. The van der Waals surface area contributed by atoms with Crippen molar-refractivity contribution in [3.8, 4) is 0 Å². The lowest BCUT2D eigenvalue weighted by Crippen LogP contribution is -2.67. The molecule has 2 saturated heterocycles. The van der Waals surface area contributed by atoms with Gasteiger partial charge in [-0.25, -0.2) is 0 Å². The van der Waals surface area contributed by atoms with Crippen LogP contribution in [0, 0.1) is 0 Å². The minimum Gasteiger partial charge on any atom is -0.394 e. The van der Waals surface area contributed by atoms with Gasteiger partial charge < -0.3 is 80.1 Å². The Morgan fingerprint density at radius 1 is 0.892 bits per heavy atom. The van der Waals surface area contributed by atoms with Gasteiger partial charge in [0.25, 0.3) is 0 Å². The second-order valence-electron chi connectivity index (χ2n) is 8.75. The van der Waals surface area contributed by atoms with E-state index in [-0.39, 0.29) is 6.29 Å². The number of nitrogens with one attached hydrogen (secondary N) is 1. The molecular formula is C20H35NO16. The minimum absolute atomic E-state index is 0.0592. The van der Waals surface area contributed by atoms with E-state index >= 15 is 0 Å². The smallest absolute Gasteiger partial charge is 0.217 e. The van der Waals surface area contributed by atoms with Gasteiger partial charge in [0.15, 0.2) is 18.9 Å². The Kier molecular flexibility index (Phi) is 12.1. The second-order valence-corrected chi connectivity index (χ2v) is 8.75. The average molecular weight is 545 g/mol. The van der Waals surface area contributed by atoms with Crippen molar-refractivity contribution in [1.82, 2.24) is 5.32 Å². The molecular weight excluding hydrogens is 510 g/mol. The van der Waals surface area contributed by atoms with E-state index in [1.54, 1.807) is 0 Å². The lowest BCUT2D eigenvalue weighted by Gasteiger charge is -2.47. The van der Waals surface area contributed by atoms with Gasteiger partial charge in [-0.1, -0.05) is 0 Å². The molecule has 0 aliphatic carbocycles. The highest BCUT2D eigenvalue weighted by Gasteiger charge is 2.51. The minimum atomic E-state index is -2.05. The van der Waals surface area contributed by atoms with Crippen LogP contribution < -0.4 is 5.32 Å². The lowest BCUT2D eigenvalue weighted by atomic mass is 9.95. The third-order valence-electron chi connectivity index (χ3n) is 6.03. The normalized spacial score (nSPS) is 39.9. The molecule has 216 valence electrons. The second kappa shape index (κ2) is 14.1. The summed E-state index contributed by atoms with van der Waals surface area (Å²) in [5.41, 5.74) is 0. The molecule has 0 unspecified atom stereocenters. The zero-order valence-corrected chi connectivity index (χ0v) is 19.7. The van der Waals surface area contributed by atoms with E-state index in [4.69, 9.17) is 18.9 Å². The Labute approximate surface area is 210 Å². The highest BCUT2D eigenvalue weighted by Crippen LogP contribution is 2.29. The highest BCUT2D eigenvalue weighted by molar-refractivity contribution is 5.73. The van der Waals surface area contributed by atoms with Crippen molar-refractivity contribution >= 4 is 12.2 Å². The largest absolute Gasteiger partial charge is 0.394 e. The number of ether oxygens (including phenoxy) is 4. The number of carbonyl (C=O) groups is 2. The molecule has 0 aromatic heterocycles. The predicted molar refractivity (Wildman–Crippen MR) is 114 cm³/mol. The zero-order valence-electron chi connectivity index (χ0n) is 19.7. The van der Waals surface area contributed by atoms with Gasteiger partial charge in [-0.3, -0.25) is 4.79 Å². The summed E-state index contributed by atoms with van der Waals surface area (Å²) < 4.78 is 21.6. The van der Waals surface area contributed by atoms with Gasteiger partial charge in [0.05, 0.1) is 19.8 Å². The summed E-state index contributed by atoms with van der Waals surface area (Å²) in [6.07, 6.45) is -22.7. The van der Waals surface area contributed by atoms with Gasteiger partial charge in [0.2, 0.25) is 5.91 Å². The third-order valence-corrected chi connectivity index (χ3v) is 6.03. The summed E-state index contributed by atoms with van der Waals surface area (Å²) in [5, 5.41) is 101. The maximum Gasteiger partial charge on any atom is 0.217 e. The first-order valence-electron chi connectivity index (χ1n) is 11.3. The van der Waals surface area contributed by atoms with E-state index < -0.39 is 111 Å². The molecule has 2 rings (SSSR count). The van der Waals surface area contributed by atoms with Crippen LogP contribution in [0.15, 0.2) is 0 Å². The van der Waals surface area contributed by atoms with E-state index in [0.717, 1.165) is 6.92 Å². The number of aliphatic hydroxyl groups is 10. The van der Waals surface area contributed by atoms with Crippen LogP contribution in [0.4, 0.5) is 0 Å². The van der Waals surface area contributed by atoms with Crippen LogP contribution in [0.5, 0.6) is 0 Å². The van der Waals surface area contributed by atoms with Gasteiger partial charge in [-0.05, 0) is 0 Å². The van der Waals surface area contributed by atoms with Gasteiger partial charge >= 0.3 is 0 Å². The van der Waals surface area contributed by atoms with Gasteiger partial charge in [-0.2, -0.15) is 0 Å². The molecule has 2 aliphatic rings. The molecule has 0 bridgehead atoms. The monoisotopic (exact) mass is 545 g/mol. The Morgan fingerprint density at radius 2 is 1.49 bits per heavy atom. The quantitative estimate of drug-likeness (QED) is 0.102. The van der Waals surface area contributed by atoms with Crippen molar-refractivity contribution < 1.29 is 79.6 Å². The van der Waals surface area contributed by atoms with Crippen molar-refractivity contribution in [2.75, 3.05) is 19.8 Å². The van der Waals surface area contributed by atoms with Crippen LogP contribution in [-0.2, 0) is 28.5 Å². The molecule has 2 heterocycles. The third kappa shape index (κ3) is 7.58. The molecule has 17 nitrogen and oxygen atoms in total. The number of carbonyl (C=O) groups excluding carboxylic acids is 2. The molecule has 0 saturated carbocycles. The zero-order chi connectivity index (χ0) is 28.0. The summed E-state index contributed by atoms with van der Waals surface area (Å²) in [5.74, 6) is -0.680. The summed E-state index contributed by atoms with van der Waals surface area (Å²) in [4.78, 5) is 22.3. The molecule has 0 spiro atoms. The van der Waals surface area contributed by atoms with Crippen LogP contribution in [0.3, 0.4) is 0 Å². The Hall–Kier alpha value is -1.42. The van der Waals surface area contributed by atoms with Crippen molar-refractivity contribution in [3.63, 3.8) is 0 Å². The maximum atomic E-state index is 11.7. The first-order chi connectivity index (χ1) is 17.4. The maximum absolute atomic E-state index is 11.7. The number of hydrogen-bond donors (Lipinski definition) is 11. The lowest BCUT2D eigenvalue weighted by molar-refractivity contribution is -0.349. The number of hydrogen-bond acceptors (Lipinski definition) is 16. The molecule has 2 aliphatic heterocycles.